The highest BCUT2D eigenvalue weighted by Crippen LogP contribution is 2.37. The molecule has 1 atom stereocenters. The van der Waals surface area contributed by atoms with Crippen molar-refractivity contribution in [3.05, 3.63) is 69.9 Å². The molecule has 2 aliphatic rings. The molecule has 2 N–H and O–H groups in total. The quantitative estimate of drug-likeness (QED) is 0.535. The van der Waals surface area contributed by atoms with Gasteiger partial charge in [-0.05, 0) is 30.7 Å². The molecule has 9 nitrogen and oxygen atoms in total. The predicted molar refractivity (Wildman–Crippen MR) is 112 cm³/mol. The summed E-state index contributed by atoms with van der Waals surface area (Å²) >= 11 is 0. The summed E-state index contributed by atoms with van der Waals surface area (Å²) in [7, 11) is -2.61. The Morgan fingerprint density at radius 3 is 2.80 bits per heavy atom. The number of fused-ring (bicyclic) bond motifs is 1. The summed E-state index contributed by atoms with van der Waals surface area (Å²) in [6.45, 7) is 2.45. The van der Waals surface area contributed by atoms with Gasteiger partial charge < -0.3 is 15.0 Å². The van der Waals surface area contributed by atoms with E-state index in [1.165, 1.54) is 19.2 Å². The third kappa shape index (κ3) is 3.71. The number of ether oxygens (including phenoxy) is 1. The molecule has 1 unspecified atom stereocenters. The van der Waals surface area contributed by atoms with Crippen LogP contribution in [-0.2, 0) is 10.0 Å². The first-order chi connectivity index (χ1) is 14.4. The molecule has 30 heavy (non-hydrogen) atoms. The van der Waals surface area contributed by atoms with Gasteiger partial charge in [0.05, 0.1) is 34.2 Å². The van der Waals surface area contributed by atoms with E-state index in [1.807, 2.05) is 0 Å². The molecule has 2 aromatic rings. The molecular weight excluding hydrogens is 408 g/mol. The standard InChI is InChI=1S/C20H22N4O5S/c1-29-19-7-3-2-5-16(19)22-30(27,28)14-8-9-15(18(13-14)24(25)26)20-17-6-4-11-23(17)12-10-21-20/h2-3,5-9,13,20-22H,4,10-12H2,1H3. The number of piperazine rings is 1. The van der Waals surface area contributed by atoms with Crippen molar-refractivity contribution in [1.29, 1.82) is 0 Å². The van der Waals surface area contributed by atoms with E-state index in [1.54, 1.807) is 24.3 Å². The second-order valence-corrected chi connectivity index (χ2v) is 8.76. The molecule has 0 aromatic heterocycles. The Kier molecular flexibility index (Phi) is 5.35. The molecule has 0 aliphatic carbocycles. The average Bonchev–Trinajstić information content (AvgIpc) is 3.22. The zero-order chi connectivity index (χ0) is 21.3. The van der Waals surface area contributed by atoms with Crippen LogP contribution in [0.15, 0.2) is 59.1 Å². The summed E-state index contributed by atoms with van der Waals surface area (Å²) in [5.74, 6) is 0.354. The lowest BCUT2D eigenvalue weighted by Crippen LogP contribution is -2.42. The molecule has 10 heteroatoms. The van der Waals surface area contributed by atoms with Crippen LogP contribution in [0.25, 0.3) is 0 Å². The Morgan fingerprint density at radius 2 is 2.03 bits per heavy atom. The summed E-state index contributed by atoms with van der Waals surface area (Å²) in [6.07, 6.45) is 2.98. The number of sulfonamides is 1. The molecule has 0 spiro atoms. The number of nitro groups is 1. The largest absolute Gasteiger partial charge is 0.495 e. The molecule has 1 saturated heterocycles. The van der Waals surface area contributed by atoms with Gasteiger partial charge in [-0.3, -0.25) is 14.8 Å². The van der Waals surface area contributed by atoms with Gasteiger partial charge in [0.15, 0.2) is 0 Å². The number of para-hydroxylation sites is 2. The number of rotatable bonds is 6. The van der Waals surface area contributed by atoms with Crippen LogP contribution in [0, 0.1) is 10.1 Å². The maximum Gasteiger partial charge on any atom is 0.275 e. The number of nitro benzene ring substituents is 1. The van der Waals surface area contributed by atoms with Crippen LogP contribution in [0.5, 0.6) is 5.75 Å². The smallest absolute Gasteiger partial charge is 0.275 e. The summed E-state index contributed by atoms with van der Waals surface area (Å²) in [5, 5.41) is 15.1. The molecule has 2 aromatic carbocycles. The summed E-state index contributed by atoms with van der Waals surface area (Å²) in [5.41, 5.74) is 1.48. The zero-order valence-corrected chi connectivity index (χ0v) is 17.2. The van der Waals surface area contributed by atoms with Gasteiger partial charge in [0, 0.05) is 31.4 Å². The summed E-state index contributed by atoms with van der Waals surface area (Å²) in [4.78, 5) is 13.3. The topological polar surface area (TPSA) is 114 Å². The van der Waals surface area contributed by atoms with E-state index < -0.39 is 14.9 Å². The molecule has 158 valence electrons. The maximum absolute atomic E-state index is 12.9. The monoisotopic (exact) mass is 430 g/mol. The second-order valence-electron chi connectivity index (χ2n) is 7.08. The van der Waals surface area contributed by atoms with Crippen molar-refractivity contribution >= 4 is 21.4 Å². The molecule has 0 amide bonds. The minimum Gasteiger partial charge on any atom is -0.495 e. The Labute approximate surface area is 174 Å². The average molecular weight is 430 g/mol. The molecular formula is C20H22N4O5S. The van der Waals surface area contributed by atoms with Crippen LogP contribution in [0.1, 0.15) is 18.0 Å². The molecule has 4 rings (SSSR count). The van der Waals surface area contributed by atoms with E-state index in [2.05, 4.69) is 21.0 Å². The fraction of sp³-hybridized carbons (Fsp3) is 0.300. The van der Waals surface area contributed by atoms with E-state index >= 15 is 0 Å². The van der Waals surface area contributed by atoms with E-state index in [0.29, 0.717) is 17.9 Å². The van der Waals surface area contributed by atoms with Crippen molar-refractivity contribution in [1.82, 2.24) is 10.2 Å². The third-order valence-corrected chi connectivity index (χ3v) is 6.68. The van der Waals surface area contributed by atoms with E-state index in [0.717, 1.165) is 31.3 Å². The number of anilines is 1. The third-order valence-electron chi connectivity index (χ3n) is 5.31. The molecule has 0 saturated carbocycles. The van der Waals surface area contributed by atoms with Gasteiger partial charge >= 0.3 is 0 Å². The minimum absolute atomic E-state index is 0.183. The Bertz CT molecular complexity index is 1120. The number of hydrogen-bond donors (Lipinski definition) is 2. The Morgan fingerprint density at radius 1 is 1.23 bits per heavy atom. The van der Waals surface area contributed by atoms with Crippen LogP contribution in [-0.4, -0.2) is 45.0 Å². The summed E-state index contributed by atoms with van der Waals surface area (Å²) < 4.78 is 33.4. The van der Waals surface area contributed by atoms with Crippen LogP contribution in [0.4, 0.5) is 11.4 Å². The van der Waals surface area contributed by atoms with Crippen LogP contribution < -0.4 is 14.8 Å². The van der Waals surface area contributed by atoms with Gasteiger partial charge in [-0.2, -0.15) is 0 Å². The minimum atomic E-state index is -4.05. The van der Waals surface area contributed by atoms with E-state index in [-0.39, 0.29) is 22.3 Å². The lowest BCUT2D eigenvalue weighted by atomic mass is 9.99. The van der Waals surface area contributed by atoms with Gasteiger partial charge in [0.1, 0.15) is 5.75 Å². The molecule has 1 fully saturated rings. The SMILES string of the molecule is COc1ccccc1NS(=O)(=O)c1ccc(C2NCCN3CCC=C23)c([N+](=O)[O-])c1. The summed E-state index contributed by atoms with van der Waals surface area (Å²) in [6, 6.07) is 10.3. The van der Waals surface area contributed by atoms with E-state index in [9.17, 15) is 18.5 Å². The maximum atomic E-state index is 12.9. The van der Waals surface area contributed by atoms with Crippen molar-refractivity contribution in [3.63, 3.8) is 0 Å². The van der Waals surface area contributed by atoms with E-state index in [4.69, 9.17) is 4.74 Å². The normalized spacial score (nSPS) is 18.5. The van der Waals surface area contributed by atoms with Crippen LogP contribution >= 0.6 is 0 Å². The van der Waals surface area contributed by atoms with Crippen molar-refractivity contribution in [2.75, 3.05) is 31.5 Å². The highest BCUT2D eigenvalue weighted by atomic mass is 32.2. The number of hydrogen-bond acceptors (Lipinski definition) is 7. The van der Waals surface area contributed by atoms with Crippen molar-refractivity contribution in [3.8, 4) is 5.75 Å². The number of nitrogens with zero attached hydrogens (tertiary/aromatic N) is 2. The first kappa shape index (κ1) is 20.2. The first-order valence-corrected chi connectivity index (χ1v) is 11.0. The van der Waals surface area contributed by atoms with Gasteiger partial charge in [0.25, 0.3) is 15.7 Å². The van der Waals surface area contributed by atoms with Crippen LogP contribution in [0.3, 0.4) is 0 Å². The Hall–Kier alpha value is -3.11. The molecule has 0 radical (unpaired) electrons. The fourth-order valence-corrected chi connectivity index (χ4v) is 5.00. The van der Waals surface area contributed by atoms with Gasteiger partial charge in [0.2, 0.25) is 0 Å². The highest BCUT2D eigenvalue weighted by Gasteiger charge is 2.33. The molecule has 2 aliphatic heterocycles. The number of methoxy groups -OCH3 is 1. The number of benzene rings is 2. The highest BCUT2D eigenvalue weighted by molar-refractivity contribution is 7.92. The van der Waals surface area contributed by atoms with Crippen molar-refractivity contribution in [2.24, 2.45) is 0 Å². The zero-order valence-electron chi connectivity index (χ0n) is 16.4. The Balaban J connectivity index is 1.70. The van der Waals surface area contributed by atoms with Gasteiger partial charge in [-0.15, -0.1) is 0 Å². The lowest BCUT2D eigenvalue weighted by Gasteiger charge is -2.34. The predicted octanol–water partition coefficient (Wildman–Crippen LogP) is 2.64. The van der Waals surface area contributed by atoms with Crippen LogP contribution in [0.2, 0.25) is 0 Å². The number of nitrogens with one attached hydrogen (secondary N) is 2. The lowest BCUT2D eigenvalue weighted by molar-refractivity contribution is -0.386. The van der Waals surface area contributed by atoms with Gasteiger partial charge in [-0.25, -0.2) is 8.42 Å². The first-order valence-electron chi connectivity index (χ1n) is 9.53. The fourth-order valence-electron chi connectivity index (χ4n) is 3.91. The van der Waals surface area contributed by atoms with Gasteiger partial charge in [-0.1, -0.05) is 18.2 Å². The molecule has 2 heterocycles. The van der Waals surface area contributed by atoms with Crippen molar-refractivity contribution < 1.29 is 18.1 Å². The van der Waals surface area contributed by atoms with Crippen molar-refractivity contribution in [2.45, 2.75) is 17.4 Å². The molecule has 0 bridgehead atoms. The second kappa shape index (κ2) is 7.96.